The SMILES string of the molecule is CNC(C)c1ccc(S(=O)(=O)NC2CC(OC)C2)cc1. The van der Waals surface area contributed by atoms with Gasteiger partial charge in [-0.1, -0.05) is 12.1 Å². The minimum Gasteiger partial charge on any atom is -0.381 e. The molecule has 1 atom stereocenters. The van der Waals surface area contributed by atoms with E-state index in [-0.39, 0.29) is 18.2 Å². The van der Waals surface area contributed by atoms with Crippen LogP contribution in [0.4, 0.5) is 0 Å². The first kappa shape index (κ1) is 15.4. The number of methoxy groups -OCH3 is 1. The fourth-order valence-electron chi connectivity index (χ4n) is 2.24. The zero-order valence-corrected chi connectivity index (χ0v) is 12.9. The van der Waals surface area contributed by atoms with Gasteiger partial charge in [0.15, 0.2) is 0 Å². The molecule has 0 amide bonds. The number of rotatable bonds is 6. The van der Waals surface area contributed by atoms with Crippen LogP contribution in [0.1, 0.15) is 31.4 Å². The van der Waals surface area contributed by atoms with Crippen molar-refractivity contribution >= 4 is 10.0 Å². The van der Waals surface area contributed by atoms with Crippen LogP contribution in [0.2, 0.25) is 0 Å². The van der Waals surface area contributed by atoms with Gasteiger partial charge in [-0.25, -0.2) is 13.1 Å². The van der Waals surface area contributed by atoms with Gasteiger partial charge in [-0.2, -0.15) is 0 Å². The van der Waals surface area contributed by atoms with Crippen LogP contribution >= 0.6 is 0 Å². The van der Waals surface area contributed by atoms with Gasteiger partial charge in [-0.15, -0.1) is 0 Å². The zero-order chi connectivity index (χ0) is 14.8. The maximum Gasteiger partial charge on any atom is 0.240 e. The highest BCUT2D eigenvalue weighted by Crippen LogP contribution is 2.24. The predicted molar refractivity (Wildman–Crippen MR) is 78.1 cm³/mol. The molecular weight excluding hydrogens is 276 g/mol. The van der Waals surface area contributed by atoms with Crippen LogP contribution in [0.3, 0.4) is 0 Å². The number of nitrogens with one attached hydrogen (secondary N) is 2. The van der Waals surface area contributed by atoms with Crippen molar-refractivity contribution in [2.45, 2.75) is 42.8 Å². The lowest BCUT2D eigenvalue weighted by molar-refractivity contribution is 0.0236. The molecule has 2 rings (SSSR count). The van der Waals surface area contributed by atoms with Crippen molar-refractivity contribution in [2.75, 3.05) is 14.2 Å². The Morgan fingerprint density at radius 3 is 2.35 bits per heavy atom. The van der Waals surface area contributed by atoms with Crippen molar-refractivity contribution in [1.29, 1.82) is 0 Å². The number of sulfonamides is 1. The third-order valence-corrected chi connectivity index (χ3v) is 5.41. The predicted octanol–water partition coefficient (Wildman–Crippen LogP) is 1.42. The van der Waals surface area contributed by atoms with Crippen LogP contribution in [-0.2, 0) is 14.8 Å². The van der Waals surface area contributed by atoms with E-state index in [0.717, 1.165) is 18.4 Å². The maximum atomic E-state index is 12.2. The lowest BCUT2D eigenvalue weighted by Crippen LogP contribution is -2.47. The highest BCUT2D eigenvalue weighted by molar-refractivity contribution is 7.89. The van der Waals surface area contributed by atoms with E-state index in [1.54, 1.807) is 19.2 Å². The summed E-state index contributed by atoms with van der Waals surface area (Å²) in [6, 6.07) is 7.17. The number of hydrogen-bond donors (Lipinski definition) is 2. The molecule has 0 aromatic heterocycles. The van der Waals surface area contributed by atoms with Crippen LogP contribution in [0.5, 0.6) is 0 Å². The fraction of sp³-hybridized carbons (Fsp3) is 0.571. The van der Waals surface area contributed by atoms with Gasteiger partial charge in [0.25, 0.3) is 0 Å². The summed E-state index contributed by atoms with van der Waals surface area (Å²) in [6.45, 7) is 2.03. The minimum absolute atomic E-state index is 0.0131. The highest BCUT2D eigenvalue weighted by atomic mass is 32.2. The molecule has 5 nitrogen and oxygen atoms in total. The quantitative estimate of drug-likeness (QED) is 0.833. The Balaban J connectivity index is 2.03. The first-order chi connectivity index (χ1) is 9.46. The lowest BCUT2D eigenvalue weighted by Gasteiger charge is -2.34. The molecule has 20 heavy (non-hydrogen) atoms. The normalized spacial score (nSPS) is 24.1. The van der Waals surface area contributed by atoms with Gasteiger partial charge in [0.1, 0.15) is 0 Å². The molecule has 1 aromatic rings. The van der Waals surface area contributed by atoms with Crippen LogP contribution in [-0.4, -0.2) is 34.7 Å². The van der Waals surface area contributed by atoms with E-state index in [4.69, 9.17) is 4.74 Å². The molecule has 1 saturated carbocycles. The molecule has 112 valence electrons. The summed E-state index contributed by atoms with van der Waals surface area (Å²) in [7, 11) is 0.0974. The molecule has 1 aliphatic rings. The molecule has 0 bridgehead atoms. The van der Waals surface area contributed by atoms with E-state index < -0.39 is 10.0 Å². The Kier molecular flexibility index (Phi) is 4.80. The Morgan fingerprint density at radius 2 is 1.85 bits per heavy atom. The summed E-state index contributed by atoms with van der Waals surface area (Å²) in [5.41, 5.74) is 1.06. The van der Waals surface area contributed by atoms with Gasteiger partial charge in [-0.05, 0) is 44.5 Å². The Labute approximate surface area is 120 Å². The van der Waals surface area contributed by atoms with Crippen LogP contribution in [0, 0.1) is 0 Å². The first-order valence-electron chi connectivity index (χ1n) is 6.78. The Morgan fingerprint density at radius 1 is 1.25 bits per heavy atom. The topological polar surface area (TPSA) is 67.4 Å². The second kappa shape index (κ2) is 6.22. The van der Waals surface area contributed by atoms with E-state index >= 15 is 0 Å². The number of ether oxygens (including phenoxy) is 1. The second-order valence-corrected chi connectivity index (χ2v) is 6.94. The molecule has 2 N–H and O–H groups in total. The highest BCUT2D eigenvalue weighted by Gasteiger charge is 2.32. The van der Waals surface area contributed by atoms with Crippen molar-refractivity contribution in [3.8, 4) is 0 Å². The lowest BCUT2D eigenvalue weighted by atomic mass is 9.90. The molecule has 1 aliphatic carbocycles. The van der Waals surface area contributed by atoms with Crippen LogP contribution in [0.15, 0.2) is 29.2 Å². The second-order valence-electron chi connectivity index (χ2n) is 5.23. The monoisotopic (exact) mass is 298 g/mol. The van der Waals surface area contributed by atoms with Crippen LogP contribution < -0.4 is 10.0 Å². The standard InChI is InChI=1S/C14H22N2O3S/c1-10(15-2)11-4-6-14(7-5-11)20(17,18)16-12-8-13(9-12)19-3/h4-7,10,12-13,15-16H,8-9H2,1-3H3. The van der Waals surface area contributed by atoms with Crippen molar-refractivity contribution in [1.82, 2.24) is 10.0 Å². The van der Waals surface area contributed by atoms with E-state index in [9.17, 15) is 8.42 Å². The average Bonchev–Trinajstić information content (AvgIpc) is 2.41. The summed E-state index contributed by atoms with van der Waals surface area (Å²) in [5.74, 6) is 0. The summed E-state index contributed by atoms with van der Waals surface area (Å²) in [4.78, 5) is 0.311. The number of benzene rings is 1. The van der Waals surface area contributed by atoms with Gasteiger partial charge < -0.3 is 10.1 Å². The molecule has 6 heteroatoms. The Bertz CT molecular complexity index is 536. The largest absolute Gasteiger partial charge is 0.381 e. The van der Waals surface area contributed by atoms with Gasteiger partial charge in [-0.3, -0.25) is 0 Å². The zero-order valence-electron chi connectivity index (χ0n) is 12.1. The van der Waals surface area contributed by atoms with E-state index in [1.807, 2.05) is 26.1 Å². The molecule has 0 aliphatic heterocycles. The molecule has 0 saturated heterocycles. The van der Waals surface area contributed by atoms with Crippen molar-refractivity contribution in [3.05, 3.63) is 29.8 Å². The third-order valence-electron chi connectivity index (χ3n) is 3.87. The summed E-state index contributed by atoms with van der Waals surface area (Å²) in [6.07, 6.45) is 1.66. The van der Waals surface area contributed by atoms with Crippen molar-refractivity contribution in [3.63, 3.8) is 0 Å². The van der Waals surface area contributed by atoms with Gasteiger partial charge in [0, 0.05) is 19.2 Å². The van der Waals surface area contributed by atoms with Crippen molar-refractivity contribution in [2.24, 2.45) is 0 Å². The molecule has 1 fully saturated rings. The van der Waals surface area contributed by atoms with Crippen molar-refractivity contribution < 1.29 is 13.2 Å². The molecule has 0 heterocycles. The first-order valence-corrected chi connectivity index (χ1v) is 8.27. The number of hydrogen-bond acceptors (Lipinski definition) is 4. The maximum absolute atomic E-state index is 12.2. The molecule has 0 radical (unpaired) electrons. The molecule has 0 spiro atoms. The Hall–Kier alpha value is -0.950. The fourth-order valence-corrected chi connectivity index (χ4v) is 3.51. The summed E-state index contributed by atoms with van der Waals surface area (Å²) in [5, 5.41) is 3.12. The molecule has 1 unspecified atom stereocenters. The van der Waals surface area contributed by atoms with Gasteiger partial charge in [0.2, 0.25) is 10.0 Å². The van der Waals surface area contributed by atoms with Gasteiger partial charge in [0.05, 0.1) is 11.0 Å². The smallest absolute Gasteiger partial charge is 0.240 e. The van der Waals surface area contributed by atoms with Gasteiger partial charge >= 0.3 is 0 Å². The molecule has 1 aromatic carbocycles. The summed E-state index contributed by atoms with van der Waals surface area (Å²) < 4.78 is 32.3. The van der Waals surface area contributed by atoms with E-state index in [1.165, 1.54) is 0 Å². The summed E-state index contributed by atoms with van der Waals surface area (Å²) >= 11 is 0. The minimum atomic E-state index is -3.43. The average molecular weight is 298 g/mol. The third kappa shape index (κ3) is 3.38. The van der Waals surface area contributed by atoms with E-state index in [0.29, 0.717) is 4.90 Å². The van der Waals surface area contributed by atoms with E-state index in [2.05, 4.69) is 10.0 Å². The molecular formula is C14H22N2O3S. The van der Waals surface area contributed by atoms with Crippen LogP contribution in [0.25, 0.3) is 0 Å².